The molecule has 1 atom stereocenters. The molecule has 132 valence electrons. The van der Waals surface area contributed by atoms with Crippen LogP contribution >= 0.6 is 0 Å². The Hall–Kier alpha value is -2.37. The maximum absolute atomic E-state index is 12.6. The highest BCUT2D eigenvalue weighted by Crippen LogP contribution is 2.40. The molecule has 2 aromatic rings. The van der Waals surface area contributed by atoms with Gasteiger partial charge in [0.2, 0.25) is 0 Å². The van der Waals surface area contributed by atoms with E-state index in [1.807, 2.05) is 28.0 Å². The summed E-state index contributed by atoms with van der Waals surface area (Å²) in [6.07, 6.45) is 9.97. The van der Waals surface area contributed by atoms with Crippen molar-refractivity contribution in [2.75, 3.05) is 18.4 Å². The molecule has 1 aliphatic heterocycles. The van der Waals surface area contributed by atoms with Crippen LogP contribution in [0.25, 0.3) is 0 Å². The van der Waals surface area contributed by atoms with Crippen LogP contribution in [-0.2, 0) is 0 Å². The van der Waals surface area contributed by atoms with Crippen LogP contribution in [0.5, 0.6) is 0 Å². The number of aromatic nitrogens is 3. The largest absolute Gasteiger partial charge is 0.324 e. The van der Waals surface area contributed by atoms with Crippen molar-refractivity contribution in [2.45, 2.75) is 44.6 Å². The van der Waals surface area contributed by atoms with Crippen LogP contribution in [0.2, 0.25) is 0 Å². The fourth-order valence-corrected chi connectivity index (χ4v) is 3.76. The molecule has 1 N–H and O–H groups in total. The third-order valence-electron chi connectivity index (χ3n) is 5.55. The maximum Gasteiger partial charge on any atom is 0.322 e. The van der Waals surface area contributed by atoms with Crippen LogP contribution in [0.4, 0.5) is 10.6 Å². The van der Waals surface area contributed by atoms with Crippen molar-refractivity contribution in [1.82, 2.24) is 19.7 Å². The highest BCUT2D eigenvalue weighted by Gasteiger charge is 2.31. The Kier molecular flexibility index (Phi) is 4.42. The number of urea groups is 1. The van der Waals surface area contributed by atoms with Crippen LogP contribution in [-0.4, -0.2) is 38.8 Å². The predicted octanol–water partition coefficient (Wildman–Crippen LogP) is 3.66. The molecule has 1 aliphatic carbocycles. The lowest BCUT2D eigenvalue weighted by Gasteiger charge is -2.32. The van der Waals surface area contributed by atoms with Crippen molar-refractivity contribution in [3.63, 3.8) is 0 Å². The average Bonchev–Trinajstić information content (AvgIpc) is 3.41. The Bertz CT molecular complexity index is 716. The molecular weight excluding hydrogens is 314 g/mol. The summed E-state index contributed by atoms with van der Waals surface area (Å²) in [5, 5.41) is 7.46. The number of likely N-dealkylation sites (tertiary alicyclic amines) is 1. The molecule has 1 saturated heterocycles. The van der Waals surface area contributed by atoms with E-state index in [0.29, 0.717) is 17.9 Å². The Morgan fingerprint density at radius 3 is 2.52 bits per heavy atom. The highest BCUT2D eigenvalue weighted by molar-refractivity contribution is 5.88. The summed E-state index contributed by atoms with van der Waals surface area (Å²) < 4.78 is 1.96. The first kappa shape index (κ1) is 16.1. The van der Waals surface area contributed by atoms with Gasteiger partial charge in [-0.15, -0.1) is 0 Å². The molecule has 1 saturated carbocycles. The van der Waals surface area contributed by atoms with E-state index in [1.165, 1.54) is 18.4 Å². The first-order valence-electron chi connectivity index (χ1n) is 9.21. The molecule has 0 spiro atoms. The quantitative estimate of drug-likeness (QED) is 0.924. The minimum Gasteiger partial charge on any atom is -0.324 e. The number of carbonyl (C=O) groups excluding carboxylic acids is 1. The number of anilines is 1. The van der Waals surface area contributed by atoms with Gasteiger partial charge in [0.1, 0.15) is 5.82 Å². The van der Waals surface area contributed by atoms with Gasteiger partial charge in [0.15, 0.2) is 0 Å². The third-order valence-corrected chi connectivity index (χ3v) is 5.55. The van der Waals surface area contributed by atoms with Crippen molar-refractivity contribution < 1.29 is 4.79 Å². The lowest BCUT2D eigenvalue weighted by atomic mass is 9.90. The molecule has 25 heavy (non-hydrogen) atoms. The van der Waals surface area contributed by atoms with E-state index in [-0.39, 0.29) is 6.03 Å². The number of pyridine rings is 1. The second-order valence-corrected chi connectivity index (χ2v) is 7.21. The first-order valence-corrected chi connectivity index (χ1v) is 9.21. The molecule has 6 nitrogen and oxygen atoms in total. The number of nitrogens with one attached hydrogen (secondary N) is 1. The van der Waals surface area contributed by atoms with Crippen molar-refractivity contribution in [3.05, 3.63) is 42.4 Å². The van der Waals surface area contributed by atoms with E-state index in [2.05, 4.69) is 34.5 Å². The second kappa shape index (κ2) is 6.86. The van der Waals surface area contributed by atoms with Gasteiger partial charge >= 0.3 is 6.03 Å². The lowest BCUT2D eigenvalue weighted by Crippen LogP contribution is -2.41. The third kappa shape index (κ3) is 3.52. The summed E-state index contributed by atoms with van der Waals surface area (Å²) in [5.74, 6) is 2.03. The van der Waals surface area contributed by atoms with E-state index in [1.54, 1.807) is 6.20 Å². The summed E-state index contributed by atoms with van der Waals surface area (Å²) in [4.78, 5) is 18.6. The van der Waals surface area contributed by atoms with Gasteiger partial charge in [-0.25, -0.2) is 9.48 Å². The molecule has 2 fully saturated rings. The number of carbonyl (C=O) groups is 1. The summed E-state index contributed by atoms with van der Waals surface area (Å²) in [6, 6.07) is 6.39. The maximum atomic E-state index is 12.6. The SMILES string of the molecule is C[C@H](C1CC1)n1nccc1NC(=O)N1CCC(c2ccncc2)CC1. The van der Waals surface area contributed by atoms with Crippen molar-refractivity contribution in [3.8, 4) is 0 Å². The highest BCUT2D eigenvalue weighted by atomic mass is 16.2. The smallest absolute Gasteiger partial charge is 0.322 e. The molecule has 0 radical (unpaired) electrons. The van der Waals surface area contributed by atoms with Gasteiger partial charge in [-0.3, -0.25) is 10.3 Å². The van der Waals surface area contributed by atoms with Gasteiger partial charge in [-0.2, -0.15) is 5.10 Å². The Labute approximate surface area is 148 Å². The summed E-state index contributed by atoms with van der Waals surface area (Å²) in [7, 11) is 0. The van der Waals surface area contributed by atoms with Gasteiger partial charge in [0.25, 0.3) is 0 Å². The van der Waals surface area contributed by atoms with Crippen LogP contribution in [0.3, 0.4) is 0 Å². The van der Waals surface area contributed by atoms with E-state index >= 15 is 0 Å². The molecule has 0 aromatic carbocycles. The van der Waals surface area contributed by atoms with Gasteiger partial charge in [0, 0.05) is 31.5 Å². The minimum atomic E-state index is -0.0158. The zero-order valence-electron chi connectivity index (χ0n) is 14.6. The minimum absolute atomic E-state index is 0.0158. The molecule has 4 rings (SSSR count). The fourth-order valence-electron chi connectivity index (χ4n) is 3.76. The van der Waals surface area contributed by atoms with E-state index in [0.717, 1.165) is 31.7 Å². The molecular formula is C19H25N5O. The Morgan fingerprint density at radius 2 is 1.84 bits per heavy atom. The van der Waals surface area contributed by atoms with Crippen LogP contribution < -0.4 is 5.32 Å². The van der Waals surface area contributed by atoms with Crippen LogP contribution in [0.15, 0.2) is 36.8 Å². The average molecular weight is 339 g/mol. The molecule has 0 unspecified atom stereocenters. The van der Waals surface area contributed by atoms with E-state index < -0.39 is 0 Å². The van der Waals surface area contributed by atoms with Crippen molar-refractivity contribution in [1.29, 1.82) is 0 Å². The monoisotopic (exact) mass is 339 g/mol. The normalized spacial score (nSPS) is 19.6. The van der Waals surface area contributed by atoms with Crippen molar-refractivity contribution >= 4 is 11.8 Å². The number of piperidine rings is 1. The number of hydrogen-bond donors (Lipinski definition) is 1. The zero-order chi connectivity index (χ0) is 17.2. The Balaban J connectivity index is 1.35. The lowest BCUT2D eigenvalue weighted by molar-refractivity contribution is 0.194. The topological polar surface area (TPSA) is 63.1 Å². The number of rotatable bonds is 4. The van der Waals surface area contributed by atoms with Gasteiger partial charge in [-0.05, 0) is 62.1 Å². The Morgan fingerprint density at radius 1 is 1.12 bits per heavy atom. The molecule has 2 aromatic heterocycles. The molecule has 0 bridgehead atoms. The zero-order valence-corrected chi connectivity index (χ0v) is 14.6. The fraction of sp³-hybridized carbons (Fsp3) is 0.526. The van der Waals surface area contributed by atoms with E-state index in [4.69, 9.17) is 0 Å². The summed E-state index contributed by atoms with van der Waals surface area (Å²) in [5.41, 5.74) is 1.33. The molecule has 2 amide bonds. The second-order valence-electron chi connectivity index (χ2n) is 7.21. The van der Waals surface area contributed by atoms with Crippen LogP contribution in [0.1, 0.15) is 50.1 Å². The number of amides is 2. The summed E-state index contributed by atoms with van der Waals surface area (Å²) >= 11 is 0. The summed E-state index contributed by atoms with van der Waals surface area (Å²) in [6.45, 7) is 3.75. The van der Waals surface area contributed by atoms with Crippen LogP contribution in [0, 0.1) is 5.92 Å². The van der Waals surface area contributed by atoms with Crippen molar-refractivity contribution in [2.24, 2.45) is 5.92 Å². The van der Waals surface area contributed by atoms with Gasteiger partial charge in [-0.1, -0.05) is 0 Å². The molecule has 6 heteroatoms. The van der Waals surface area contributed by atoms with Gasteiger partial charge in [0.05, 0.1) is 12.2 Å². The first-order chi connectivity index (χ1) is 12.2. The predicted molar refractivity (Wildman–Crippen MR) is 96.5 cm³/mol. The number of hydrogen-bond acceptors (Lipinski definition) is 3. The van der Waals surface area contributed by atoms with Gasteiger partial charge < -0.3 is 4.90 Å². The molecule has 3 heterocycles. The van der Waals surface area contributed by atoms with E-state index in [9.17, 15) is 4.79 Å². The molecule has 2 aliphatic rings. The standard InChI is InChI=1S/C19H25N5O/c1-14(15-2-3-15)24-18(6-11-21-24)22-19(25)23-12-7-17(8-13-23)16-4-9-20-10-5-16/h4-6,9-11,14-15,17H,2-3,7-8,12-13H2,1H3,(H,22,25)/t14-/m1/s1. The number of nitrogens with zero attached hydrogens (tertiary/aromatic N) is 4.